The van der Waals surface area contributed by atoms with Gasteiger partial charge in [0.05, 0.1) is 12.7 Å². The molecule has 5 saturated carbocycles. The summed E-state index contributed by atoms with van der Waals surface area (Å²) in [5.74, 6) is -2.54. The van der Waals surface area contributed by atoms with Gasteiger partial charge in [-0.25, -0.2) is 0 Å². The highest BCUT2D eigenvalue weighted by Gasteiger charge is 2.86. The number of fused-ring (bicyclic) bond motifs is 4. The van der Waals surface area contributed by atoms with Crippen LogP contribution < -0.4 is 0 Å². The molecule has 2 spiro atoms. The number of esters is 2. The van der Waals surface area contributed by atoms with E-state index in [9.17, 15) is 30.0 Å². The second kappa shape index (κ2) is 11.7. The third kappa shape index (κ3) is 4.72. The standard InChI is InChI=1S/C39H60O11/c1-19(2)29(47-21(4)40)24-16-20(3)31-35(8)14-15-38-18-37(38)13-12-27(49-32-30(48-22(5)41)28(43)23(42)17-46-32)34(6,7)25(37)10-11-26(38)36(35,9)33(44)39(31,45)50-24/h20,23-33,42-45H,1,10-18H2,2-9H3/t20-,23+,24-,25+,26+,27+,28+,29-,30-,31-,32+,33-,35-,36-,37-,38+,39-/m1/s1. The topological polar surface area (TPSA) is 161 Å². The molecule has 5 aliphatic carbocycles. The van der Waals surface area contributed by atoms with Gasteiger partial charge in [-0.3, -0.25) is 9.59 Å². The van der Waals surface area contributed by atoms with E-state index in [-0.39, 0.29) is 52.1 Å². The van der Waals surface area contributed by atoms with E-state index in [1.54, 1.807) is 6.92 Å². The van der Waals surface area contributed by atoms with Gasteiger partial charge in [0.15, 0.2) is 18.2 Å². The molecule has 0 radical (unpaired) electrons. The van der Waals surface area contributed by atoms with E-state index >= 15 is 0 Å². The Bertz CT molecular complexity index is 1420. The van der Waals surface area contributed by atoms with Crippen LogP contribution in [0.5, 0.6) is 0 Å². The molecule has 0 amide bonds. The maximum absolute atomic E-state index is 12.6. The molecule has 0 aromatic carbocycles. The largest absolute Gasteiger partial charge is 0.455 e. The maximum Gasteiger partial charge on any atom is 0.303 e. The number of carbonyl (C=O) groups excluding carboxylic acids is 2. The molecule has 0 aromatic rings. The van der Waals surface area contributed by atoms with Crippen molar-refractivity contribution in [1.82, 2.24) is 0 Å². The summed E-state index contributed by atoms with van der Waals surface area (Å²) in [4.78, 5) is 23.9. The molecule has 7 rings (SSSR count). The predicted octanol–water partition coefficient (Wildman–Crippen LogP) is 4.02. The molecule has 2 aliphatic heterocycles. The first-order chi connectivity index (χ1) is 23.2. The first-order valence-corrected chi connectivity index (χ1v) is 18.9. The van der Waals surface area contributed by atoms with Gasteiger partial charge in [0.2, 0.25) is 0 Å². The van der Waals surface area contributed by atoms with Gasteiger partial charge in [-0.05, 0) is 103 Å². The van der Waals surface area contributed by atoms with Crippen molar-refractivity contribution in [3.63, 3.8) is 0 Å². The number of carbonyl (C=O) groups is 2. The van der Waals surface area contributed by atoms with Gasteiger partial charge in [0, 0.05) is 25.2 Å². The number of rotatable bonds is 6. The molecule has 2 saturated heterocycles. The molecule has 2 heterocycles. The Morgan fingerprint density at radius 3 is 2.22 bits per heavy atom. The second-order valence-electron chi connectivity index (χ2n) is 18.6. The monoisotopic (exact) mass is 704 g/mol. The zero-order chi connectivity index (χ0) is 36.6. The van der Waals surface area contributed by atoms with E-state index in [4.69, 9.17) is 23.7 Å². The second-order valence-corrected chi connectivity index (χ2v) is 18.6. The first kappa shape index (κ1) is 36.7. The lowest BCUT2D eigenvalue weighted by Gasteiger charge is -2.63. The van der Waals surface area contributed by atoms with Crippen LogP contribution in [0.3, 0.4) is 0 Å². The van der Waals surface area contributed by atoms with Crippen LogP contribution in [0.15, 0.2) is 12.2 Å². The van der Waals surface area contributed by atoms with Gasteiger partial charge < -0.3 is 44.1 Å². The van der Waals surface area contributed by atoms with Crippen molar-refractivity contribution in [3.8, 4) is 0 Å². The first-order valence-electron chi connectivity index (χ1n) is 18.9. The highest BCUT2D eigenvalue weighted by atomic mass is 16.7. The van der Waals surface area contributed by atoms with Crippen LogP contribution >= 0.6 is 0 Å². The zero-order valence-electron chi connectivity index (χ0n) is 31.1. The highest BCUT2D eigenvalue weighted by Crippen LogP contribution is 2.89. The van der Waals surface area contributed by atoms with Gasteiger partial charge in [0.25, 0.3) is 0 Å². The molecule has 50 heavy (non-hydrogen) atoms. The Balaban J connectivity index is 1.15. The molecule has 0 unspecified atom stereocenters. The summed E-state index contributed by atoms with van der Waals surface area (Å²) < 4.78 is 30.1. The Labute approximate surface area is 296 Å². The fourth-order valence-corrected chi connectivity index (χ4v) is 13.9. The number of hydrogen-bond donors (Lipinski definition) is 4. The van der Waals surface area contributed by atoms with Crippen molar-refractivity contribution in [2.24, 2.45) is 50.7 Å². The van der Waals surface area contributed by atoms with E-state index in [1.165, 1.54) is 13.8 Å². The van der Waals surface area contributed by atoms with Gasteiger partial charge in [-0.1, -0.05) is 41.2 Å². The van der Waals surface area contributed by atoms with E-state index < -0.39 is 66.1 Å². The van der Waals surface area contributed by atoms with Crippen LogP contribution in [0.25, 0.3) is 0 Å². The van der Waals surface area contributed by atoms with Crippen LogP contribution in [0.1, 0.15) is 107 Å². The number of aliphatic hydroxyl groups excluding tert-OH is 3. The SMILES string of the molecule is C=C(C)[C@@H](OC(C)=O)[C@H]1C[C@@H](C)[C@H]2[C@@](O)(O1)[C@H](O)[C@@]1(C)[C@@H]3CC[C@H]4C(C)(C)[C@@H](O[C@@H]5OC[C@H](O)[C@H](O)[C@H]5OC(C)=O)CC[C@@]45C[C@@]35CC[C@]21C. The minimum absolute atomic E-state index is 0.0140. The molecule has 0 bridgehead atoms. The average Bonchev–Trinajstić information content (AvgIpc) is 3.66. The number of aliphatic hydroxyl groups is 4. The van der Waals surface area contributed by atoms with Crippen LogP contribution in [-0.4, -0.2) is 93.8 Å². The van der Waals surface area contributed by atoms with Crippen LogP contribution in [-0.2, 0) is 33.3 Å². The smallest absolute Gasteiger partial charge is 0.303 e. The Hall–Kier alpha value is -1.60. The fourth-order valence-electron chi connectivity index (χ4n) is 13.9. The predicted molar refractivity (Wildman–Crippen MR) is 180 cm³/mol. The highest BCUT2D eigenvalue weighted by molar-refractivity contribution is 5.66. The molecule has 7 fully saturated rings. The molecule has 4 N–H and O–H groups in total. The Morgan fingerprint density at radius 2 is 1.58 bits per heavy atom. The molecule has 11 heteroatoms. The van der Waals surface area contributed by atoms with Gasteiger partial charge in [-0.15, -0.1) is 0 Å². The quantitative estimate of drug-likeness (QED) is 0.180. The van der Waals surface area contributed by atoms with Crippen molar-refractivity contribution < 1.29 is 53.7 Å². The van der Waals surface area contributed by atoms with Crippen molar-refractivity contribution in [3.05, 3.63) is 12.2 Å². The summed E-state index contributed by atoms with van der Waals surface area (Å²) >= 11 is 0. The summed E-state index contributed by atoms with van der Waals surface area (Å²) in [5.41, 5.74) is -0.494. The van der Waals surface area contributed by atoms with E-state index in [1.807, 2.05) is 0 Å². The summed E-state index contributed by atoms with van der Waals surface area (Å²) in [6, 6.07) is 0. The normalized spacial score (nSPS) is 53.7. The summed E-state index contributed by atoms with van der Waals surface area (Å²) in [6.07, 6.45) is -0.0691. The van der Waals surface area contributed by atoms with Crippen molar-refractivity contribution in [2.45, 2.75) is 162 Å². The molecule has 0 aromatic heterocycles. The fraction of sp³-hybridized carbons (Fsp3) is 0.897. The van der Waals surface area contributed by atoms with Crippen LogP contribution in [0.4, 0.5) is 0 Å². The van der Waals surface area contributed by atoms with Crippen molar-refractivity contribution in [2.75, 3.05) is 6.61 Å². The maximum atomic E-state index is 12.6. The molecule has 282 valence electrons. The van der Waals surface area contributed by atoms with E-state index in [2.05, 4.69) is 41.2 Å². The lowest BCUT2D eigenvalue weighted by atomic mass is 9.41. The van der Waals surface area contributed by atoms with Crippen LogP contribution in [0.2, 0.25) is 0 Å². The number of ether oxygens (including phenoxy) is 5. The minimum Gasteiger partial charge on any atom is -0.455 e. The summed E-state index contributed by atoms with van der Waals surface area (Å²) in [7, 11) is 0. The average molecular weight is 705 g/mol. The number of hydrogen-bond acceptors (Lipinski definition) is 11. The van der Waals surface area contributed by atoms with E-state index in [0.29, 0.717) is 17.9 Å². The summed E-state index contributed by atoms with van der Waals surface area (Å²) in [5, 5.41) is 46.1. The molecular formula is C39H60O11. The molecular weight excluding hydrogens is 644 g/mol. The van der Waals surface area contributed by atoms with Crippen molar-refractivity contribution in [1.29, 1.82) is 0 Å². The molecule has 7 aliphatic rings. The third-order valence-electron chi connectivity index (χ3n) is 16.0. The van der Waals surface area contributed by atoms with E-state index in [0.717, 1.165) is 44.9 Å². The molecule has 11 nitrogen and oxygen atoms in total. The zero-order valence-corrected chi connectivity index (χ0v) is 31.1. The van der Waals surface area contributed by atoms with Crippen molar-refractivity contribution >= 4 is 11.9 Å². The third-order valence-corrected chi connectivity index (χ3v) is 16.0. The van der Waals surface area contributed by atoms with Crippen LogP contribution in [0, 0.1) is 50.7 Å². The molecule has 17 atom stereocenters. The lowest BCUT2D eigenvalue weighted by molar-refractivity contribution is -0.333. The summed E-state index contributed by atoms with van der Waals surface area (Å²) in [6.45, 7) is 19.5. The van der Waals surface area contributed by atoms with Gasteiger partial charge in [-0.2, -0.15) is 0 Å². The Morgan fingerprint density at radius 1 is 0.920 bits per heavy atom. The lowest BCUT2D eigenvalue weighted by Crippen LogP contribution is -2.61. The Kier molecular flexibility index (Phi) is 8.60. The van der Waals surface area contributed by atoms with Gasteiger partial charge >= 0.3 is 11.9 Å². The minimum atomic E-state index is -1.79. The van der Waals surface area contributed by atoms with Gasteiger partial charge in [0.1, 0.15) is 30.5 Å².